The number of fused-ring (bicyclic) bond motifs is 1. The van der Waals surface area contributed by atoms with Crippen LogP contribution in [0.15, 0.2) is 42.6 Å². The number of anilines is 2. The fraction of sp³-hybridized carbons (Fsp3) is 0.280. The van der Waals surface area contributed by atoms with E-state index in [-0.39, 0.29) is 28.2 Å². The van der Waals surface area contributed by atoms with Crippen LogP contribution in [0, 0.1) is 0 Å². The fourth-order valence-electron chi connectivity index (χ4n) is 4.09. The van der Waals surface area contributed by atoms with Crippen LogP contribution in [0.5, 0.6) is 0 Å². The van der Waals surface area contributed by atoms with Gasteiger partial charge in [0.15, 0.2) is 5.82 Å². The van der Waals surface area contributed by atoms with Gasteiger partial charge in [-0.05, 0) is 44.2 Å². The maximum absolute atomic E-state index is 13.3. The van der Waals surface area contributed by atoms with Crippen LogP contribution in [0.3, 0.4) is 0 Å². The van der Waals surface area contributed by atoms with E-state index in [0.29, 0.717) is 43.2 Å². The average Bonchev–Trinajstić information content (AvgIpc) is 3.19. The Morgan fingerprint density at radius 3 is 2.53 bits per heavy atom. The molecule has 1 fully saturated rings. The number of halogens is 1. The Hall–Kier alpha value is -4.05. The second kappa shape index (κ2) is 10.3. The van der Waals surface area contributed by atoms with Crippen LogP contribution >= 0.6 is 11.6 Å². The number of carbonyl (C=O) groups excluding carboxylic acids is 2. The van der Waals surface area contributed by atoms with Gasteiger partial charge in [-0.3, -0.25) is 9.59 Å². The molecule has 0 bridgehead atoms. The molecule has 1 aliphatic rings. The highest BCUT2D eigenvalue weighted by Crippen LogP contribution is 2.31. The Bertz CT molecular complexity index is 1360. The molecule has 0 radical (unpaired) electrons. The minimum Gasteiger partial charge on any atom is -0.507 e. The maximum atomic E-state index is 13.3. The van der Waals surface area contributed by atoms with Crippen LogP contribution in [-0.2, 0) is 9.59 Å². The average molecular weight is 512 g/mol. The van der Waals surface area contributed by atoms with Gasteiger partial charge in [0, 0.05) is 61.0 Å². The van der Waals surface area contributed by atoms with Gasteiger partial charge in [-0.15, -0.1) is 0 Å². The highest BCUT2D eigenvalue weighted by Gasteiger charge is 2.27. The molecule has 3 aromatic rings. The zero-order chi connectivity index (χ0) is 26.0. The number of nitrogens with one attached hydrogen (secondary N) is 2. The van der Waals surface area contributed by atoms with Crippen LogP contribution in [-0.4, -0.2) is 75.0 Å². The zero-order valence-corrected chi connectivity index (χ0v) is 20.5. The summed E-state index contributed by atoms with van der Waals surface area (Å²) < 4.78 is 0. The van der Waals surface area contributed by atoms with Crippen molar-refractivity contribution in [3.8, 4) is 0 Å². The third-order valence-electron chi connectivity index (χ3n) is 5.82. The van der Waals surface area contributed by atoms with Crippen molar-refractivity contribution in [3.05, 3.63) is 58.9 Å². The van der Waals surface area contributed by atoms with Crippen LogP contribution in [0.25, 0.3) is 16.7 Å². The van der Waals surface area contributed by atoms with Crippen LogP contribution < -0.4 is 10.2 Å². The molecule has 0 saturated carbocycles. The summed E-state index contributed by atoms with van der Waals surface area (Å²) in [4.78, 5) is 46.8. The molecule has 1 amide bonds. The summed E-state index contributed by atoms with van der Waals surface area (Å²) >= 11 is 6.53. The summed E-state index contributed by atoms with van der Waals surface area (Å²) in [5.41, 5.74) is 1.94. The molecule has 10 nitrogen and oxygen atoms in total. The first-order valence-corrected chi connectivity index (χ1v) is 11.8. The molecule has 1 aromatic carbocycles. The lowest BCUT2D eigenvalue weighted by Crippen LogP contribution is -2.49. The van der Waals surface area contributed by atoms with Crippen LogP contribution in [0.2, 0.25) is 5.02 Å². The van der Waals surface area contributed by atoms with E-state index in [4.69, 9.17) is 16.7 Å². The molecule has 4 N–H and O–H groups in total. The lowest BCUT2D eigenvalue weighted by molar-refractivity contribution is -0.146. The number of amides is 1. The highest BCUT2D eigenvalue weighted by atomic mass is 35.5. The van der Waals surface area contributed by atoms with Crippen molar-refractivity contribution < 1.29 is 24.6 Å². The Morgan fingerprint density at radius 1 is 1.14 bits per heavy atom. The number of aliphatic hydroxyl groups excluding tert-OH is 1. The third kappa shape index (κ3) is 5.13. The summed E-state index contributed by atoms with van der Waals surface area (Å²) in [6.07, 6.45) is 2.38. The summed E-state index contributed by atoms with van der Waals surface area (Å²) in [6, 6.07) is 8.73. The predicted molar refractivity (Wildman–Crippen MR) is 138 cm³/mol. The molecule has 188 valence electrons. The van der Waals surface area contributed by atoms with Crippen molar-refractivity contribution in [2.24, 2.45) is 0 Å². The number of ketones is 1. The summed E-state index contributed by atoms with van der Waals surface area (Å²) in [5.74, 6) is -2.83. The molecule has 1 aliphatic heterocycles. The smallest absolute Gasteiger partial charge is 0.376 e. The Balaban J connectivity index is 1.51. The Morgan fingerprint density at radius 2 is 1.86 bits per heavy atom. The number of benzene rings is 1. The highest BCUT2D eigenvalue weighted by molar-refractivity contribution is 6.39. The summed E-state index contributed by atoms with van der Waals surface area (Å²) in [7, 11) is 0. The number of pyridine rings is 1. The fourth-order valence-corrected chi connectivity index (χ4v) is 4.37. The van der Waals surface area contributed by atoms with Gasteiger partial charge < -0.3 is 30.3 Å². The zero-order valence-electron chi connectivity index (χ0n) is 19.8. The molecule has 2 aromatic heterocycles. The molecule has 0 unspecified atom stereocenters. The van der Waals surface area contributed by atoms with E-state index in [1.807, 2.05) is 12.1 Å². The molecule has 0 atom stereocenters. The van der Waals surface area contributed by atoms with Crippen molar-refractivity contribution in [1.82, 2.24) is 14.9 Å². The molecule has 0 spiro atoms. The number of aromatic nitrogens is 2. The quantitative estimate of drug-likeness (QED) is 0.214. The Kier molecular flexibility index (Phi) is 7.16. The van der Waals surface area contributed by atoms with Crippen molar-refractivity contribution in [1.29, 1.82) is 0 Å². The number of aromatic amines is 1. The molecule has 3 heterocycles. The number of carbonyl (C=O) groups is 3. The van der Waals surface area contributed by atoms with Crippen LogP contribution in [0.4, 0.5) is 11.5 Å². The van der Waals surface area contributed by atoms with E-state index >= 15 is 0 Å². The number of nitrogens with zero attached hydrogens (tertiary/aromatic N) is 3. The first-order chi connectivity index (χ1) is 17.2. The summed E-state index contributed by atoms with van der Waals surface area (Å²) in [6.45, 7) is 6.30. The molecular formula is C25H26ClN5O5. The van der Waals surface area contributed by atoms with Crippen molar-refractivity contribution in [3.63, 3.8) is 0 Å². The number of carboxylic acid groups (broad SMARTS) is 1. The molecule has 11 heteroatoms. The van der Waals surface area contributed by atoms with Gasteiger partial charge in [-0.25, -0.2) is 9.78 Å². The van der Waals surface area contributed by atoms with Crippen molar-refractivity contribution in [2.75, 3.05) is 36.4 Å². The largest absolute Gasteiger partial charge is 0.507 e. The second-order valence-electron chi connectivity index (χ2n) is 8.73. The number of piperazine rings is 1. The predicted octanol–water partition coefficient (Wildman–Crippen LogP) is 3.55. The molecular weight excluding hydrogens is 486 g/mol. The van der Waals surface area contributed by atoms with Gasteiger partial charge in [-0.1, -0.05) is 11.6 Å². The monoisotopic (exact) mass is 511 g/mol. The van der Waals surface area contributed by atoms with E-state index in [0.717, 1.165) is 11.5 Å². The number of hydrogen-bond donors (Lipinski definition) is 4. The topological polar surface area (TPSA) is 139 Å². The Labute approximate surface area is 212 Å². The van der Waals surface area contributed by atoms with Crippen molar-refractivity contribution >= 4 is 57.4 Å². The molecule has 4 rings (SSSR count). The SMILES string of the molecule is CC(C)Nc1cccnc1N1CCN(C(=O)c2[nH]c3ccc(/C(O)=C/C(=O)C(=O)O)cc3c2Cl)CC1. The summed E-state index contributed by atoms with van der Waals surface area (Å²) in [5, 5.41) is 22.9. The van der Waals surface area contributed by atoms with Crippen molar-refractivity contribution in [2.45, 2.75) is 19.9 Å². The minimum atomic E-state index is -1.68. The van der Waals surface area contributed by atoms with E-state index in [9.17, 15) is 19.5 Å². The van der Waals surface area contributed by atoms with E-state index in [1.54, 1.807) is 17.2 Å². The van der Waals surface area contributed by atoms with E-state index in [1.165, 1.54) is 12.1 Å². The third-order valence-corrected chi connectivity index (χ3v) is 6.21. The van der Waals surface area contributed by atoms with Gasteiger partial charge in [-0.2, -0.15) is 0 Å². The lowest BCUT2D eigenvalue weighted by atomic mass is 10.1. The first kappa shape index (κ1) is 25.1. The lowest BCUT2D eigenvalue weighted by Gasteiger charge is -2.36. The van der Waals surface area contributed by atoms with Gasteiger partial charge in [0.1, 0.15) is 11.5 Å². The standard InChI is InChI=1S/C25H26ClN5O5/c1-14(2)28-18-4-3-7-27-23(18)30-8-10-31(11-9-30)24(34)22-21(26)16-12-15(5-6-17(16)29-22)19(32)13-20(33)25(35)36/h3-7,12-14,28-29,32H,8-11H2,1-2H3,(H,35,36)/b19-13-. The number of carboxylic acids is 1. The number of aliphatic carboxylic acids is 1. The number of H-pyrrole nitrogens is 1. The number of hydrogen-bond acceptors (Lipinski definition) is 7. The number of aliphatic hydroxyl groups is 1. The normalized spacial score (nSPS) is 14.4. The van der Waals surface area contributed by atoms with Crippen LogP contribution in [0.1, 0.15) is 29.9 Å². The minimum absolute atomic E-state index is 0.185. The van der Waals surface area contributed by atoms with Gasteiger partial charge in [0.2, 0.25) is 0 Å². The van der Waals surface area contributed by atoms with Gasteiger partial charge >= 0.3 is 5.97 Å². The molecule has 0 aliphatic carbocycles. The van der Waals surface area contributed by atoms with E-state index < -0.39 is 17.5 Å². The number of rotatable bonds is 7. The second-order valence-corrected chi connectivity index (χ2v) is 9.10. The van der Waals surface area contributed by atoms with Gasteiger partial charge in [0.05, 0.1) is 10.7 Å². The van der Waals surface area contributed by atoms with Gasteiger partial charge in [0.25, 0.3) is 11.7 Å². The van der Waals surface area contributed by atoms with E-state index in [2.05, 4.69) is 34.0 Å². The molecule has 1 saturated heterocycles. The maximum Gasteiger partial charge on any atom is 0.376 e. The molecule has 36 heavy (non-hydrogen) atoms. The first-order valence-electron chi connectivity index (χ1n) is 11.4.